The van der Waals surface area contributed by atoms with Gasteiger partial charge in [-0.15, -0.1) is 0 Å². The summed E-state index contributed by atoms with van der Waals surface area (Å²) in [7, 11) is 3.41. The fourth-order valence-corrected chi connectivity index (χ4v) is 6.13. The van der Waals surface area contributed by atoms with Crippen molar-refractivity contribution in [3.63, 3.8) is 0 Å². The Morgan fingerprint density at radius 2 is 1.24 bits per heavy atom. The Hall–Kier alpha value is -6.15. The van der Waals surface area contributed by atoms with E-state index in [9.17, 15) is 14.7 Å². The number of aliphatic imine (C=N–C) groups is 1. The summed E-state index contributed by atoms with van der Waals surface area (Å²) in [5.41, 5.74) is 3.66. The van der Waals surface area contributed by atoms with Crippen LogP contribution < -0.4 is 9.47 Å². The van der Waals surface area contributed by atoms with Gasteiger partial charge in [0.15, 0.2) is 0 Å². The first-order valence-corrected chi connectivity index (χ1v) is 16.0. The number of carboxylic acid groups (broad SMARTS) is 1. The van der Waals surface area contributed by atoms with E-state index in [0.29, 0.717) is 36.5 Å². The zero-order chi connectivity index (χ0) is 34.2. The van der Waals surface area contributed by atoms with Crippen LogP contribution in [0.4, 0.5) is 4.79 Å². The van der Waals surface area contributed by atoms with E-state index in [1.54, 1.807) is 31.4 Å². The number of hydrogen-bond acceptors (Lipinski definition) is 4. The lowest BCUT2D eigenvalue weighted by Gasteiger charge is -2.37. The van der Waals surface area contributed by atoms with Crippen molar-refractivity contribution >= 4 is 24.0 Å². The molecular formula is C41H37N3O5. The molecule has 1 unspecified atom stereocenters. The van der Waals surface area contributed by atoms with Crippen molar-refractivity contribution in [2.45, 2.75) is 25.0 Å². The van der Waals surface area contributed by atoms with Gasteiger partial charge in [0, 0.05) is 25.5 Å². The van der Waals surface area contributed by atoms with Crippen LogP contribution in [0.2, 0.25) is 0 Å². The first kappa shape index (κ1) is 32.8. The first-order valence-electron chi connectivity index (χ1n) is 16.0. The third-order valence-corrected chi connectivity index (χ3v) is 8.70. The van der Waals surface area contributed by atoms with E-state index in [-0.39, 0.29) is 5.96 Å². The molecule has 0 radical (unpaired) electrons. The SMILES string of the molecule is COc1ccc(/C=C2\N(C(=O)O)/C(=N\C(=O)c3ccccc3)N(C)C2(Cc2ccccc2)Cc2ccc(OCc3ccccc3)cc2)cc1. The number of carbonyl (C=O) groups excluding carboxylic acids is 1. The van der Waals surface area contributed by atoms with Crippen LogP contribution in [0.15, 0.2) is 150 Å². The van der Waals surface area contributed by atoms with Crippen LogP contribution in [0.5, 0.6) is 11.5 Å². The molecule has 1 aliphatic heterocycles. The van der Waals surface area contributed by atoms with Crippen molar-refractivity contribution in [2.24, 2.45) is 4.99 Å². The molecule has 1 aliphatic rings. The Bertz CT molecular complexity index is 1940. The van der Waals surface area contributed by atoms with Gasteiger partial charge in [0.05, 0.1) is 18.3 Å². The monoisotopic (exact) mass is 651 g/mol. The van der Waals surface area contributed by atoms with E-state index in [2.05, 4.69) is 4.99 Å². The Balaban J connectivity index is 1.47. The lowest BCUT2D eigenvalue weighted by molar-refractivity contribution is 0.1000. The fraction of sp³-hybridized carbons (Fsp3) is 0.146. The van der Waals surface area contributed by atoms with E-state index in [1.807, 2.05) is 133 Å². The molecule has 1 N–H and O–H groups in total. The van der Waals surface area contributed by atoms with E-state index >= 15 is 0 Å². The van der Waals surface area contributed by atoms with Crippen molar-refractivity contribution in [2.75, 3.05) is 14.2 Å². The predicted molar refractivity (Wildman–Crippen MR) is 191 cm³/mol. The highest BCUT2D eigenvalue weighted by Gasteiger charge is 2.53. The second-order valence-electron chi connectivity index (χ2n) is 11.9. The molecule has 0 saturated carbocycles. The molecule has 2 amide bonds. The number of benzene rings is 5. The molecule has 1 atom stereocenters. The molecule has 5 aromatic rings. The molecule has 0 aliphatic carbocycles. The van der Waals surface area contributed by atoms with Crippen molar-refractivity contribution in [1.29, 1.82) is 0 Å². The quantitative estimate of drug-likeness (QED) is 0.165. The first-order chi connectivity index (χ1) is 23.9. The lowest BCUT2D eigenvalue weighted by Crippen LogP contribution is -2.48. The summed E-state index contributed by atoms with van der Waals surface area (Å²) in [6.07, 6.45) is 1.45. The zero-order valence-corrected chi connectivity index (χ0v) is 27.4. The molecule has 1 fully saturated rings. The van der Waals surface area contributed by atoms with E-state index in [0.717, 1.165) is 32.9 Å². The average molecular weight is 652 g/mol. The third kappa shape index (κ3) is 7.39. The van der Waals surface area contributed by atoms with Crippen LogP contribution in [0, 0.1) is 0 Å². The number of rotatable bonds is 10. The van der Waals surface area contributed by atoms with E-state index in [4.69, 9.17) is 9.47 Å². The van der Waals surface area contributed by atoms with Gasteiger partial charge in [-0.3, -0.25) is 4.79 Å². The summed E-state index contributed by atoms with van der Waals surface area (Å²) in [5.74, 6) is 0.899. The molecule has 0 aromatic heterocycles. The van der Waals surface area contributed by atoms with Gasteiger partial charge in [0.2, 0.25) is 5.96 Å². The summed E-state index contributed by atoms with van der Waals surface area (Å²) in [6.45, 7) is 0.443. The van der Waals surface area contributed by atoms with Crippen LogP contribution >= 0.6 is 0 Å². The Labute approximate surface area is 286 Å². The highest BCUT2D eigenvalue weighted by Crippen LogP contribution is 2.42. The molecule has 5 aromatic carbocycles. The van der Waals surface area contributed by atoms with Crippen LogP contribution in [-0.4, -0.2) is 52.6 Å². The summed E-state index contributed by atoms with van der Waals surface area (Å²) in [4.78, 5) is 34.2. The summed E-state index contributed by atoms with van der Waals surface area (Å²) < 4.78 is 11.4. The molecule has 1 saturated heterocycles. The van der Waals surface area contributed by atoms with Gasteiger partial charge in [-0.05, 0) is 64.7 Å². The summed E-state index contributed by atoms with van der Waals surface area (Å²) in [5, 5.41) is 10.8. The van der Waals surface area contributed by atoms with Crippen molar-refractivity contribution < 1.29 is 24.2 Å². The Kier molecular flexibility index (Phi) is 9.85. The summed E-state index contributed by atoms with van der Waals surface area (Å²) >= 11 is 0. The molecule has 8 heteroatoms. The van der Waals surface area contributed by atoms with Crippen LogP contribution in [0.1, 0.15) is 32.6 Å². The number of nitrogens with zero attached hydrogens (tertiary/aromatic N) is 3. The van der Waals surface area contributed by atoms with Gasteiger partial charge in [-0.25, -0.2) is 9.69 Å². The van der Waals surface area contributed by atoms with Gasteiger partial charge in [0.1, 0.15) is 18.1 Å². The Morgan fingerprint density at radius 3 is 1.82 bits per heavy atom. The second-order valence-corrected chi connectivity index (χ2v) is 11.9. The predicted octanol–water partition coefficient (Wildman–Crippen LogP) is 7.96. The largest absolute Gasteiger partial charge is 0.497 e. The number of likely N-dealkylation sites (N-methyl/N-ethyl adjacent to an activating group) is 1. The Morgan fingerprint density at radius 1 is 0.714 bits per heavy atom. The van der Waals surface area contributed by atoms with Crippen LogP contribution in [0.3, 0.4) is 0 Å². The second kappa shape index (κ2) is 14.7. The molecule has 246 valence electrons. The maximum atomic E-state index is 13.5. The number of methoxy groups -OCH3 is 1. The topological polar surface area (TPSA) is 91.7 Å². The molecule has 0 bridgehead atoms. The maximum absolute atomic E-state index is 13.5. The normalized spacial score (nSPS) is 17.3. The molecule has 0 spiro atoms. The third-order valence-electron chi connectivity index (χ3n) is 8.70. The highest BCUT2D eigenvalue weighted by atomic mass is 16.5. The van der Waals surface area contributed by atoms with Crippen LogP contribution in [-0.2, 0) is 19.4 Å². The number of guanidine groups is 1. The van der Waals surface area contributed by atoms with Crippen molar-refractivity contribution in [1.82, 2.24) is 9.80 Å². The molecule has 49 heavy (non-hydrogen) atoms. The lowest BCUT2D eigenvalue weighted by atomic mass is 9.80. The number of hydrogen-bond donors (Lipinski definition) is 1. The number of amides is 2. The molecule has 6 rings (SSSR count). The standard InChI is InChI=1S/C41H37N3O5/c1-43-39(42-38(45)34-16-10-5-11-17-34)44(40(46)47)37(26-30-18-22-35(48-2)23-19-30)41(43,27-31-12-6-3-7-13-31)28-32-20-24-36(25-21-32)49-29-33-14-8-4-9-15-33/h3-26H,27-29H2,1-2H3,(H,46,47)/b37-26-,42-39-. The van der Waals surface area contributed by atoms with Crippen LogP contribution in [0.25, 0.3) is 6.08 Å². The maximum Gasteiger partial charge on any atom is 0.418 e. The van der Waals surface area contributed by atoms with Crippen molar-refractivity contribution in [3.8, 4) is 11.5 Å². The minimum Gasteiger partial charge on any atom is -0.497 e. The van der Waals surface area contributed by atoms with Gasteiger partial charge >= 0.3 is 6.09 Å². The highest BCUT2D eigenvalue weighted by molar-refractivity contribution is 6.08. The van der Waals surface area contributed by atoms with Gasteiger partial charge in [-0.2, -0.15) is 4.99 Å². The van der Waals surface area contributed by atoms with Gasteiger partial charge in [-0.1, -0.05) is 103 Å². The number of ether oxygens (including phenoxy) is 2. The minimum atomic E-state index is -1.24. The molecule has 1 heterocycles. The zero-order valence-electron chi connectivity index (χ0n) is 27.4. The number of carbonyl (C=O) groups is 2. The van der Waals surface area contributed by atoms with Gasteiger partial charge < -0.3 is 19.5 Å². The minimum absolute atomic E-state index is 0.0276. The average Bonchev–Trinajstić information content (AvgIpc) is 3.35. The fourth-order valence-electron chi connectivity index (χ4n) is 6.13. The van der Waals surface area contributed by atoms with Crippen molar-refractivity contribution in [3.05, 3.63) is 173 Å². The summed E-state index contributed by atoms with van der Waals surface area (Å²) in [6, 6.07) is 43.8. The molecular weight excluding hydrogens is 614 g/mol. The van der Waals surface area contributed by atoms with Gasteiger partial charge in [0.25, 0.3) is 5.91 Å². The van der Waals surface area contributed by atoms with E-state index < -0.39 is 17.5 Å². The van der Waals surface area contributed by atoms with E-state index in [1.165, 1.54) is 0 Å². The smallest absolute Gasteiger partial charge is 0.418 e. The molecule has 8 nitrogen and oxygen atoms in total.